The molecule has 1 aliphatic heterocycles. The number of aliphatic hydroxyl groups is 1. The molecule has 1 fully saturated rings. The minimum absolute atomic E-state index is 0.0435. The quantitative estimate of drug-likeness (QED) is 0.844. The summed E-state index contributed by atoms with van der Waals surface area (Å²) in [6.45, 7) is 2.43. The van der Waals surface area contributed by atoms with Crippen molar-refractivity contribution < 1.29 is 14.3 Å². The van der Waals surface area contributed by atoms with Crippen LogP contribution in [0.4, 0.5) is 0 Å². The molecule has 88 valence electrons. The number of rotatable bonds is 3. The van der Waals surface area contributed by atoms with Gasteiger partial charge in [0, 0.05) is 19.4 Å². The molecule has 0 radical (unpaired) electrons. The largest absolute Gasteiger partial charge is 0.466 e. The highest BCUT2D eigenvalue weighted by Gasteiger charge is 2.25. The first-order valence-corrected chi connectivity index (χ1v) is 5.69. The lowest BCUT2D eigenvalue weighted by atomic mass is 10.1. The number of furan rings is 1. The van der Waals surface area contributed by atoms with Crippen LogP contribution in [0.2, 0.25) is 0 Å². The standard InChI is InChI=1S/C12H17NO3/c1-9-5-6-10(16-9)7-8-13-11(14)3-2-4-12(13)15/h5-6,11,14H,2-4,7-8H2,1H3. The van der Waals surface area contributed by atoms with Crippen molar-refractivity contribution in [3.05, 3.63) is 23.7 Å². The summed E-state index contributed by atoms with van der Waals surface area (Å²) in [5.74, 6) is 1.78. The number of nitrogens with zero attached hydrogens (tertiary/aromatic N) is 1. The normalized spacial score (nSPS) is 21.5. The van der Waals surface area contributed by atoms with Gasteiger partial charge in [0.2, 0.25) is 5.91 Å². The summed E-state index contributed by atoms with van der Waals surface area (Å²) >= 11 is 0. The molecule has 2 rings (SSSR count). The second-order valence-electron chi connectivity index (χ2n) is 4.22. The van der Waals surface area contributed by atoms with Crippen molar-refractivity contribution in [2.24, 2.45) is 0 Å². The third-order valence-corrected chi connectivity index (χ3v) is 2.93. The van der Waals surface area contributed by atoms with Crippen molar-refractivity contribution >= 4 is 5.91 Å². The monoisotopic (exact) mass is 223 g/mol. The maximum atomic E-state index is 11.6. The molecule has 1 aromatic rings. The lowest BCUT2D eigenvalue weighted by Gasteiger charge is -2.31. The van der Waals surface area contributed by atoms with Crippen LogP contribution in [0, 0.1) is 6.92 Å². The number of aliphatic hydroxyl groups excluding tert-OH is 1. The number of hydrogen-bond donors (Lipinski definition) is 1. The van der Waals surface area contributed by atoms with E-state index in [-0.39, 0.29) is 5.91 Å². The Hall–Kier alpha value is -1.29. The molecule has 1 aromatic heterocycles. The van der Waals surface area contributed by atoms with Gasteiger partial charge in [-0.25, -0.2) is 0 Å². The Morgan fingerprint density at radius 3 is 3.00 bits per heavy atom. The van der Waals surface area contributed by atoms with Crippen LogP contribution in [-0.4, -0.2) is 28.7 Å². The highest BCUT2D eigenvalue weighted by molar-refractivity contribution is 5.77. The molecule has 0 bridgehead atoms. The van der Waals surface area contributed by atoms with E-state index in [0.29, 0.717) is 25.8 Å². The van der Waals surface area contributed by atoms with Crippen LogP contribution in [0.1, 0.15) is 30.8 Å². The van der Waals surface area contributed by atoms with Gasteiger partial charge in [-0.3, -0.25) is 4.79 Å². The van der Waals surface area contributed by atoms with Gasteiger partial charge in [0.15, 0.2) is 0 Å². The van der Waals surface area contributed by atoms with Gasteiger partial charge in [-0.15, -0.1) is 0 Å². The van der Waals surface area contributed by atoms with Gasteiger partial charge in [-0.05, 0) is 31.9 Å². The molecule has 1 atom stereocenters. The molecule has 0 aromatic carbocycles. The predicted octanol–water partition coefficient (Wildman–Crippen LogP) is 1.46. The Kier molecular flexibility index (Phi) is 3.29. The molecule has 1 aliphatic rings. The SMILES string of the molecule is Cc1ccc(CCN2C(=O)CCCC2O)o1. The summed E-state index contributed by atoms with van der Waals surface area (Å²) in [5, 5.41) is 9.70. The van der Waals surface area contributed by atoms with Crippen LogP contribution in [0.5, 0.6) is 0 Å². The predicted molar refractivity (Wildman–Crippen MR) is 58.7 cm³/mol. The lowest BCUT2D eigenvalue weighted by molar-refractivity contribution is -0.146. The Balaban J connectivity index is 1.91. The second kappa shape index (κ2) is 4.70. The van der Waals surface area contributed by atoms with Crippen LogP contribution in [0.3, 0.4) is 0 Å². The molecule has 2 heterocycles. The number of aryl methyl sites for hydroxylation is 1. The van der Waals surface area contributed by atoms with E-state index >= 15 is 0 Å². The van der Waals surface area contributed by atoms with Crippen molar-refractivity contribution in [2.45, 2.75) is 38.8 Å². The van der Waals surface area contributed by atoms with E-state index in [2.05, 4.69) is 0 Å². The fourth-order valence-electron chi connectivity index (χ4n) is 2.03. The van der Waals surface area contributed by atoms with E-state index < -0.39 is 6.23 Å². The Morgan fingerprint density at radius 2 is 2.38 bits per heavy atom. The molecule has 1 unspecified atom stereocenters. The van der Waals surface area contributed by atoms with Crippen molar-refractivity contribution in [1.29, 1.82) is 0 Å². The smallest absolute Gasteiger partial charge is 0.224 e. The van der Waals surface area contributed by atoms with Crippen LogP contribution < -0.4 is 0 Å². The van der Waals surface area contributed by atoms with E-state index in [4.69, 9.17) is 4.42 Å². The summed E-state index contributed by atoms with van der Waals surface area (Å²) < 4.78 is 5.43. The van der Waals surface area contributed by atoms with Crippen LogP contribution >= 0.6 is 0 Å². The van der Waals surface area contributed by atoms with Gasteiger partial charge < -0.3 is 14.4 Å². The molecule has 1 amide bonds. The third-order valence-electron chi connectivity index (χ3n) is 2.93. The number of hydrogen-bond acceptors (Lipinski definition) is 3. The minimum Gasteiger partial charge on any atom is -0.466 e. The Bertz CT molecular complexity index is 372. The summed E-state index contributed by atoms with van der Waals surface area (Å²) in [5.41, 5.74) is 0. The molecule has 16 heavy (non-hydrogen) atoms. The van der Waals surface area contributed by atoms with Gasteiger partial charge in [0.1, 0.15) is 17.7 Å². The molecule has 0 spiro atoms. The van der Waals surface area contributed by atoms with E-state index in [1.165, 1.54) is 0 Å². The lowest BCUT2D eigenvalue weighted by Crippen LogP contribution is -2.44. The van der Waals surface area contributed by atoms with Crippen molar-refractivity contribution in [3.8, 4) is 0 Å². The van der Waals surface area contributed by atoms with Crippen LogP contribution in [-0.2, 0) is 11.2 Å². The zero-order valence-electron chi connectivity index (χ0n) is 9.48. The minimum atomic E-state index is -0.614. The molecule has 4 nitrogen and oxygen atoms in total. The van der Waals surface area contributed by atoms with Gasteiger partial charge in [-0.1, -0.05) is 0 Å². The Labute approximate surface area is 94.9 Å². The summed E-state index contributed by atoms with van der Waals surface area (Å²) in [4.78, 5) is 13.1. The number of carbonyl (C=O) groups is 1. The number of carbonyl (C=O) groups excluding carboxylic acids is 1. The van der Waals surface area contributed by atoms with E-state index in [1.807, 2.05) is 19.1 Å². The molecule has 0 saturated carbocycles. The first-order valence-electron chi connectivity index (χ1n) is 5.69. The maximum Gasteiger partial charge on any atom is 0.224 e. The highest BCUT2D eigenvalue weighted by atomic mass is 16.3. The molecule has 4 heteroatoms. The highest BCUT2D eigenvalue weighted by Crippen LogP contribution is 2.17. The summed E-state index contributed by atoms with van der Waals surface area (Å²) in [6.07, 6.45) is 2.07. The first kappa shape index (κ1) is 11.2. The molecular weight excluding hydrogens is 206 g/mol. The van der Waals surface area contributed by atoms with Crippen LogP contribution in [0.25, 0.3) is 0 Å². The summed E-state index contributed by atoms with van der Waals surface area (Å²) in [6, 6.07) is 3.82. The topological polar surface area (TPSA) is 53.7 Å². The first-order chi connectivity index (χ1) is 7.66. The van der Waals surface area contributed by atoms with Crippen molar-refractivity contribution in [2.75, 3.05) is 6.54 Å². The fourth-order valence-corrected chi connectivity index (χ4v) is 2.03. The van der Waals surface area contributed by atoms with Gasteiger partial charge in [-0.2, -0.15) is 0 Å². The van der Waals surface area contributed by atoms with Crippen molar-refractivity contribution in [3.63, 3.8) is 0 Å². The average Bonchev–Trinajstić information content (AvgIpc) is 2.63. The molecule has 1 saturated heterocycles. The molecule has 1 N–H and O–H groups in total. The second-order valence-corrected chi connectivity index (χ2v) is 4.22. The van der Waals surface area contributed by atoms with Gasteiger partial charge in [0.05, 0.1) is 0 Å². The molecular formula is C12H17NO3. The third kappa shape index (κ3) is 2.44. The maximum absolute atomic E-state index is 11.6. The average molecular weight is 223 g/mol. The van der Waals surface area contributed by atoms with E-state index in [9.17, 15) is 9.90 Å². The van der Waals surface area contributed by atoms with Crippen LogP contribution in [0.15, 0.2) is 16.5 Å². The summed E-state index contributed by atoms with van der Waals surface area (Å²) in [7, 11) is 0. The van der Waals surface area contributed by atoms with E-state index in [1.54, 1.807) is 4.90 Å². The Morgan fingerprint density at radius 1 is 1.56 bits per heavy atom. The van der Waals surface area contributed by atoms with Crippen molar-refractivity contribution in [1.82, 2.24) is 4.90 Å². The number of amides is 1. The zero-order chi connectivity index (χ0) is 11.5. The fraction of sp³-hybridized carbons (Fsp3) is 0.583. The number of likely N-dealkylation sites (tertiary alicyclic amines) is 1. The van der Waals surface area contributed by atoms with Gasteiger partial charge in [0.25, 0.3) is 0 Å². The number of piperidine rings is 1. The zero-order valence-corrected chi connectivity index (χ0v) is 9.48. The van der Waals surface area contributed by atoms with Gasteiger partial charge >= 0.3 is 0 Å². The van der Waals surface area contributed by atoms with E-state index in [0.717, 1.165) is 17.9 Å². The molecule has 0 aliphatic carbocycles.